The molecular weight excluding hydrogens is 200 g/mol. The highest BCUT2D eigenvalue weighted by atomic mass is 16.5. The van der Waals surface area contributed by atoms with Crippen molar-refractivity contribution in [1.82, 2.24) is 4.98 Å². The van der Waals surface area contributed by atoms with Crippen LogP contribution in [0.5, 0.6) is 5.75 Å². The summed E-state index contributed by atoms with van der Waals surface area (Å²) >= 11 is 0. The van der Waals surface area contributed by atoms with E-state index in [0.29, 0.717) is 6.61 Å². The molecule has 16 heavy (non-hydrogen) atoms. The lowest BCUT2D eigenvalue weighted by Crippen LogP contribution is -2.24. The second kappa shape index (κ2) is 3.59. The maximum Gasteiger partial charge on any atom is 0.142 e. The van der Waals surface area contributed by atoms with Crippen LogP contribution in [0.25, 0.3) is 0 Å². The van der Waals surface area contributed by atoms with Gasteiger partial charge in [-0.15, -0.1) is 0 Å². The van der Waals surface area contributed by atoms with E-state index in [9.17, 15) is 0 Å². The topological polar surface area (TPSA) is 37.0 Å². The number of nitrogens with one attached hydrogen (secondary N) is 2. The summed E-state index contributed by atoms with van der Waals surface area (Å²) in [5, 5.41) is 3.48. The molecule has 1 aromatic carbocycles. The summed E-state index contributed by atoms with van der Waals surface area (Å²) in [5.74, 6) is 0.938. The van der Waals surface area contributed by atoms with Gasteiger partial charge in [0, 0.05) is 11.9 Å². The molecular formula is C13H14N2O. The van der Waals surface area contributed by atoms with Crippen molar-refractivity contribution in [3.05, 3.63) is 47.8 Å². The van der Waals surface area contributed by atoms with E-state index in [1.54, 1.807) is 0 Å². The van der Waals surface area contributed by atoms with Gasteiger partial charge in [0.25, 0.3) is 0 Å². The van der Waals surface area contributed by atoms with Gasteiger partial charge in [-0.3, -0.25) is 0 Å². The van der Waals surface area contributed by atoms with Gasteiger partial charge in [0.05, 0.1) is 5.69 Å². The Morgan fingerprint density at radius 2 is 2.25 bits per heavy atom. The van der Waals surface area contributed by atoms with Crippen LogP contribution in [0.2, 0.25) is 0 Å². The number of ether oxygens (including phenoxy) is 1. The summed E-state index contributed by atoms with van der Waals surface area (Å²) in [4.78, 5) is 3.21. The molecule has 3 rings (SSSR count). The van der Waals surface area contributed by atoms with Crippen molar-refractivity contribution in [1.29, 1.82) is 0 Å². The molecule has 0 spiro atoms. The van der Waals surface area contributed by atoms with Crippen LogP contribution in [0.4, 0.5) is 5.69 Å². The number of anilines is 1. The maximum atomic E-state index is 5.73. The van der Waals surface area contributed by atoms with Crippen molar-refractivity contribution in [2.45, 2.75) is 13.0 Å². The number of benzene rings is 1. The van der Waals surface area contributed by atoms with Crippen molar-refractivity contribution < 1.29 is 4.74 Å². The van der Waals surface area contributed by atoms with Crippen LogP contribution in [-0.2, 0) is 0 Å². The second-order valence-corrected chi connectivity index (χ2v) is 4.13. The fraction of sp³-hybridized carbons (Fsp3) is 0.231. The Hall–Kier alpha value is -1.90. The molecule has 3 nitrogen and oxygen atoms in total. The summed E-state index contributed by atoms with van der Waals surface area (Å²) in [6.07, 6.45) is 1.93. The Labute approximate surface area is 94.5 Å². The number of aromatic nitrogens is 1. The lowest BCUT2D eigenvalue weighted by molar-refractivity contribution is 0.284. The molecule has 1 aliphatic rings. The number of rotatable bonds is 1. The van der Waals surface area contributed by atoms with Gasteiger partial charge in [0.1, 0.15) is 18.4 Å². The van der Waals surface area contributed by atoms with E-state index in [0.717, 1.165) is 17.1 Å². The van der Waals surface area contributed by atoms with Gasteiger partial charge in [0.15, 0.2) is 0 Å². The monoisotopic (exact) mass is 214 g/mol. The number of fused-ring (bicyclic) bond motifs is 1. The molecule has 0 saturated carbocycles. The highest BCUT2D eigenvalue weighted by Gasteiger charge is 2.20. The largest absolute Gasteiger partial charge is 0.489 e. The summed E-state index contributed by atoms with van der Waals surface area (Å²) in [5.41, 5.74) is 3.47. The summed E-state index contributed by atoms with van der Waals surface area (Å²) in [6.45, 7) is 2.75. The van der Waals surface area contributed by atoms with Crippen LogP contribution >= 0.6 is 0 Å². The molecule has 0 fully saturated rings. The molecule has 0 saturated heterocycles. The van der Waals surface area contributed by atoms with Crippen LogP contribution in [-0.4, -0.2) is 11.6 Å². The minimum absolute atomic E-state index is 0.212. The van der Waals surface area contributed by atoms with E-state index in [2.05, 4.69) is 35.4 Å². The van der Waals surface area contributed by atoms with E-state index >= 15 is 0 Å². The minimum atomic E-state index is 0.212. The third-order valence-electron chi connectivity index (χ3n) is 2.87. The zero-order valence-electron chi connectivity index (χ0n) is 9.16. The number of aromatic amines is 1. The maximum absolute atomic E-state index is 5.73. The molecule has 0 radical (unpaired) electrons. The van der Waals surface area contributed by atoms with E-state index in [4.69, 9.17) is 4.74 Å². The van der Waals surface area contributed by atoms with E-state index in [1.807, 2.05) is 18.3 Å². The summed E-state index contributed by atoms with van der Waals surface area (Å²) in [6, 6.07) is 10.5. The van der Waals surface area contributed by atoms with Gasteiger partial charge in [-0.1, -0.05) is 6.07 Å². The number of hydrogen-bond acceptors (Lipinski definition) is 2. The second-order valence-electron chi connectivity index (χ2n) is 4.13. The van der Waals surface area contributed by atoms with Gasteiger partial charge in [-0.25, -0.2) is 0 Å². The lowest BCUT2D eigenvalue weighted by atomic mass is 10.1. The molecule has 1 atom stereocenters. The molecule has 82 valence electrons. The van der Waals surface area contributed by atoms with Gasteiger partial charge in [-0.05, 0) is 36.8 Å². The van der Waals surface area contributed by atoms with Crippen molar-refractivity contribution in [3.63, 3.8) is 0 Å². The van der Waals surface area contributed by atoms with E-state index < -0.39 is 0 Å². The van der Waals surface area contributed by atoms with Crippen molar-refractivity contribution in [3.8, 4) is 5.75 Å². The van der Waals surface area contributed by atoms with Crippen LogP contribution < -0.4 is 10.1 Å². The van der Waals surface area contributed by atoms with Crippen LogP contribution in [0.1, 0.15) is 17.3 Å². The van der Waals surface area contributed by atoms with E-state index in [1.165, 1.54) is 5.56 Å². The van der Waals surface area contributed by atoms with Crippen molar-refractivity contribution in [2.75, 3.05) is 11.9 Å². The molecule has 1 unspecified atom stereocenters. The third-order valence-corrected chi connectivity index (χ3v) is 2.87. The third kappa shape index (κ3) is 1.54. The number of aryl methyl sites for hydroxylation is 1. The highest BCUT2D eigenvalue weighted by molar-refractivity contribution is 5.60. The smallest absolute Gasteiger partial charge is 0.142 e. The van der Waals surface area contributed by atoms with E-state index in [-0.39, 0.29) is 6.04 Å². The first kappa shape index (κ1) is 9.33. The molecule has 0 aliphatic carbocycles. The average molecular weight is 214 g/mol. The Kier molecular flexibility index (Phi) is 2.10. The van der Waals surface area contributed by atoms with Crippen LogP contribution in [0.15, 0.2) is 36.5 Å². The standard InChI is InChI=1S/C13H14N2O/c1-9-4-5-13-11(7-9)15-12(8-16-13)10-3-2-6-14-10/h2-7,12,14-15H,8H2,1H3. The quantitative estimate of drug-likeness (QED) is 0.766. The minimum Gasteiger partial charge on any atom is -0.489 e. The van der Waals surface area contributed by atoms with Crippen LogP contribution in [0, 0.1) is 6.92 Å². The normalized spacial score (nSPS) is 18.4. The Balaban J connectivity index is 1.91. The van der Waals surface area contributed by atoms with Crippen molar-refractivity contribution >= 4 is 5.69 Å². The Bertz CT molecular complexity index is 491. The van der Waals surface area contributed by atoms with Gasteiger partial charge in [0.2, 0.25) is 0 Å². The lowest BCUT2D eigenvalue weighted by Gasteiger charge is -2.27. The fourth-order valence-electron chi connectivity index (χ4n) is 2.01. The molecule has 0 bridgehead atoms. The molecule has 0 amide bonds. The first-order chi connectivity index (χ1) is 7.83. The molecule has 1 aromatic heterocycles. The highest BCUT2D eigenvalue weighted by Crippen LogP contribution is 2.33. The first-order valence-electron chi connectivity index (χ1n) is 5.46. The van der Waals surface area contributed by atoms with Gasteiger partial charge >= 0.3 is 0 Å². The zero-order valence-corrected chi connectivity index (χ0v) is 9.16. The zero-order chi connectivity index (χ0) is 11.0. The predicted octanol–water partition coefficient (Wildman–Crippen LogP) is 2.87. The van der Waals surface area contributed by atoms with Gasteiger partial charge < -0.3 is 15.0 Å². The SMILES string of the molecule is Cc1ccc2c(c1)NC(c1ccc[nH]1)CO2. The molecule has 2 aromatic rings. The first-order valence-corrected chi connectivity index (χ1v) is 5.46. The molecule has 2 heterocycles. The average Bonchev–Trinajstić information content (AvgIpc) is 2.81. The molecule has 3 heteroatoms. The predicted molar refractivity (Wildman–Crippen MR) is 63.8 cm³/mol. The van der Waals surface area contributed by atoms with Crippen molar-refractivity contribution in [2.24, 2.45) is 0 Å². The molecule has 1 aliphatic heterocycles. The van der Waals surface area contributed by atoms with Gasteiger partial charge in [-0.2, -0.15) is 0 Å². The summed E-state index contributed by atoms with van der Waals surface area (Å²) < 4.78 is 5.73. The van der Waals surface area contributed by atoms with Crippen LogP contribution in [0.3, 0.4) is 0 Å². The summed E-state index contributed by atoms with van der Waals surface area (Å²) in [7, 11) is 0. The Morgan fingerprint density at radius 1 is 1.31 bits per heavy atom. The fourth-order valence-corrected chi connectivity index (χ4v) is 2.01. The number of H-pyrrole nitrogens is 1. The number of hydrogen-bond donors (Lipinski definition) is 2. The molecule has 2 N–H and O–H groups in total. The Morgan fingerprint density at radius 3 is 3.06 bits per heavy atom.